The standard InChI is InChI=1S/C22H16ClN5O5S/c23-17-8-6-14(28(31)32)10-16(17)18-9-7-15(33-18)12-24-27-22-26-21(30)19(34-22)11-20(29)25-13-4-2-1-3-5-13/h1-10,12,19H,11H2,(H,25,29)(H,26,27,30)/b24-12+. The fourth-order valence-electron chi connectivity index (χ4n) is 3.01. The minimum Gasteiger partial charge on any atom is -0.455 e. The van der Waals surface area contributed by atoms with Crippen molar-refractivity contribution in [3.05, 3.63) is 81.6 Å². The van der Waals surface area contributed by atoms with Gasteiger partial charge in [-0.15, -0.1) is 5.10 Å². The Morgan fingerprint density at radius 3 is 2.79 bits per heavy atom. The van der Waals surface area contributed by atoms with Crippen molar-refractivity contribution in [3.8, 4) is 11.3 Å². The molecule has 1 atom stereocenters. The third-order valence-electron chi connectivity index (χ3n) is 4.59. The largest absolute Gasteiger partial charge is 0.455 e. The molecule has 34 heavy (non-hydrogen) atoms. The summed E-state index contributed by atoms with van der Waals surface area (Å²) in [5.74, 6) is 0.0418. The summed E-state index contributed by atoms with van der Waals surface area (Å²) in [5, 5.41) is 24.1. The Morgan fingerprint density at radius 1 is 1.24 bits per heavy atom. The molecule has 2 N–H and O–H groups in total. The van der Waals surface area contributed by atoms with Crippen LogP contribution in [-0.4, -0.2) is 33.4 Å². The number of nitro benzene ring substituents is 1. The second-order valence-corrected chi connectivity index (χ2v) is 8.59. The van der Waals surface area contributed by atoms with Crippen LogP contribution in [0.1, 0.15) is 12.2 Å². The highest BCUT2D eigenvalue weighted by molar-refractivity contribution is 8.15. The number of nitrogens with one attached hydrogen (secondary N) is 2. The predicted molar refractivity (Wildman–Crippen MR) is 130 cm³/mol. The van der Waals surface area contributed by atoms with Gasteiger partial charge in [-0.25, -0.2) is 0 Å². The molecular weight excluding hydrogens is 482 g/mol. The number of carbonyl (C=O) groups excluding carboxylic acids is 2. The summed E-state index contributed by atoms with van der Waals surface area (Å²) < 4.78 is 5.63. The van der Waals surface area contributed by atoms with Gasteiger partial charge >= 0.3 is 0 Å². The summed E-state index contributed by atoms with van der Waals surface area (Å²) in [4.78, 5) is 34.8. The molecular formula is C22H16ClN5O5S. The Bertz CT molecular complexity index is 1310. The van der Waals surface area contributed by atoms with Gasteiger partial charge in [0.05, 0.1) is 16.2 Å². The molecule has 1 aliphatic heterocycles. The van der Waals surface area contributed by atoms with E-state index in [2.05, 4.69) is 20.8 Å². The normalized spacial score (nSPS) is 16.7. The Hall–Kier alpha value is -3.96. The number of nitrogens with zero attached hydrogens (tertiary/aromatic N) is 3. The average molecular weight is 498 g/mol. The van der Waals surface area contributed by atoms with Crippen LogP contribution >= 0.6 is 23.4 Å². The van der Waals surface area contributed by atoms with E-state index in [9.17, 15) is 19.7 Å². The Kier molecular flexibility index (Phi) is 7.04. The highest BCUT2D eigenvalue weighted by atomic mass is 35.5. The molecule has 12 heteroatoms. The molecule has 1 saturated heterocycles. The first-order valence-electron chi connectivity index (χ1n) is 9.86. The minimum absolute atomic E-state index is 0.0142. The second-order valence-electron chi connectivity index (χ2n) is 6.99. The number of anilines is 1. The van der Waals surface area contributed by atoms with Gasteiger partial charge in [0.1, 0.15) is 16.8 Å². The molecule has 1 aliphatic rings. The first kappa shape index (κ1) is 23.2. The van der Waals surface area contributed by atoms with Gasteiger partial charge in [0.15, 0.2) is 5.17 Å². The van der Waals surface area contributed by atoms with Crippen LogP contribution in [0.2, 0.25) is 5.02 Å². The number of para-hydroxylation sites is 1. The molecule has 10 nitrogen and oxygen atoms in total. The van der Waals surface area contributed by atoms with Gasteiger partial charge in [-0.2, -0.15) is 5.10 Å². The van der Waals surface area contributed by atoms with E-state index in [-0.39, 0.29) is 29.1 Å². The first-order valence-corrected chi connectivity index (χ1v) is 11.1. The third-order valence-corrected chi connectivity index (χ3v) is 5.99. The number of amides is 2. The minimum atomic E-state index is -0.621. The number of halogens is 1. The maximum absolute atomic E-state index is 12.2. The van der Waals surface area contributed by atoms with Crippen LogP contribution < -0.4 is 10.6 Å². The van der Waals surface area contributed by atoms with E-state index in [1.807, 2.05) is 6.07 Å². The van der Waals surface area contributed by atoms with Crippen molar-refractivity contribution in [2.24, 2.45) is 10.2 Å². The molecule has 0 spiro atoms. The van der Waals surface area contributed by atoms with Crippen LogP contribution in [0.4, 0.5) is 11.4 Å². The van der Waals surface area contributed by atoms with E-state index in [1.54, 1.807) is 36.4 Å². The molecule has 1 aromatic heterocycles. The van der Waals surface area contributed by atoms with E-state index in [0.717, 1.165) is 11.8 Å². The zero-order valence-corrected chi connectivity index (χ0v) is 18.9. The highest BCUT2D eigenvalue weighted by Crippen LogP contribution is 2.32. The Labute approximate surface area is 202 Å². The highest BCUT2D eigenvalue weighted by Gasteiger charge is 2.32. The lowest BCUT2D eigenvalue weighted by Gasteiger charge is -2.06. The van der Waals surface area contributed by atoms with Gasteiger partial charge in [0.2, 0.25) is 11.8 Å². The summed E-state index contributed by atoms with van der Waals surface area (Å²) >= 11 is 7.24. The number of thioether (sulfide) groups is 1. The van der Waals surface area contributed by atoms with E-state index in [4.69, 9.17) is 16.0 Å². The van der Waals surface area contributed by atoms with E-state index in [0.29, 0.717) is 27.8 Å². The van der Waals surface area contributed by atoms with Crippen LogP contribution in [-0.2, 0) is 9.59 Å². The topological polar surface area (TPSA) is 139 Å². The lowest BCUT2D eigenvalue weighted by Crippen LogP contribution is -2.28. The number of benzene rings is 2. The monoisotopic (exact) mass is 497 g/mol. The molecule has 0 radical (unpaired) electrons. The number of amidine groups is 1. The zero-order valence-electron chi connectivity index (χ0n) is 17.3. The molecule has 1 fully saturated rings. The molecule has 0 bridgehead atoms. The van der Waals surface area contributed by atoms with Crippen molar-refractivity contribution in [2.45, 2.75) is 11.7 Å². The van der Waals surface area contributed by atoms with Crippen molar-refractivity contribution in [1.82, 2.24) is 5.32 Å². The zero-order chi connectivity index (χ0) is 24.1. The molecule has 0 saturated carbocycles. The number of hydrogen-bond acceptors (Lipinski definition) is 8. The van der Waals surface area contributed by atoms with Crippen molar-refractivity contribution in [3.63, 3.8) is 0 Å². The molecule has 4 rings (SSSR count). The lowest BCUT2D eigenvalue weighted by atomic mass is 10.1. The first-order chi connectivity index (χ1) is 16.4. The summed E-state index contributed by atoms with van der Waals surface area (Å²) in [6.45, 7) is 0. The van der Waals surface area contributed by atoms with Crippen LogP contribution in [0.15, 0.2) is 75.3 Å². The quantitative estimate of drug-likeness (QED) is 0.280. The van der Waals surface area contributed by atoms with Crippen molar-refractivity contribution >= 4 is 57.9 Å². The molecule has 2 amide bonds. The lowest BCUT2D eigenvalue weighted by molar-refractivity contribution is -0.384. The fraction of sp³-hybridized carbons (Fsp3) is 0.0909. The molecule has 1 unspecified atom stereocenters. The van der Waals surface area contributed by atoms with Crippen molar-refractivity contribution in [2.75, 3.05) is 5.32 Å². The van der Waals surface area contributed by atoms with Crippen LogP contribution in [0.25, 0.3) is 11.3 Å². The molecule has 2 aromatic carbocycles. The summed E-state index contributed by atoms with van der Waals surface area (Å²) in [5.41, 5.74) is 0.911. The molecule has 3 aromatic rings. The van der Waals surface area contributed by atoms with E-state index in [1.165, 1.54) is 24.4 Å². The molecule has 2 heterocycles. The number of non-ortho nitro benzene ring substituents is 1. The van der Waals surface area contributed by atoms with Gasteiger partial charge in [-0.3, -0.25) is 19.7 Å². The summed E-state index contributed by atoms with van der Waals surface area (Å²) in [6, 6.07) is 16.2. The van der Waals surface area contributed by atoms with Crippen LogP contribution in [0, 0.1) is 10.1 Å². The Balaban J connectivity index is 1.37. The summed E-state index contributed by atoms with van der Waals surface area (Å²) in [6.07, 6.45) is 1.31. The van der Waals surface area contributed by atoms with Gasteiger partial charge in [-0.05, 0) is 30.3 Å². The number of carbonyl (C=O) groups is 2. The van der Waals surface area contributed by atoms with Crippen LogP contribution in [0.5, 0.6) is 0 Å². The van der Waals surface area contributed by atoms with Gasteiger partial charge in [0, 0.05) is 29.8 Å². The van der Waals surface area contributed by atoms with Gasteiger partial charge in [-0.1, -0.05) is 41.6 Å². The third kappa shape index (κ3) is 5.69. The maximum Gasteiger partial charge on any atom is 0.270 e. The smallest absolute Gasteiger partial charge is 0.270 e. The SMILES string of the molecule is O=C(CC1S/C(=N/N=C/c2ccc(-c3cc([N+](=O)[O-])ccc3Cl)o2)NC1=O)Nc1ccccc1. The average Bonchev–Trinajstić information content (AvgIpc) is 3.41. The van der Waals surface area contributed by atoms with E-state index < -0.39 is 10.2 Å². The van der Waals surface area contributed by atoms with E-state index >= 15 is 0 Å². The van der Waals surface area contributed by atoms with Gasteiger partial charge < -0.3 is 15.1 Å². The van der Waals surface area contributed by atoms with Crippen molar-refractivity contribution in [1.29, 1.82) is 0 Å². The number of hydrogen-bond donors (Lipinski definition) is 2. The second kappa shape index (κ2) is 10.3. The summed E-state index contributed by atoms with van der Waals surface area (Å²) in [7, 11) is 0. The molecule has 0 aliphatic carbocycles. The predicted octanol–water partition coefficient (Wildman–Crippen LogP) is 4.46. The number of rotatable bonds is 7. The number of furan rings is 1. The van der Waals surface area contributed by atoms with Gasteiger partial charge in [0.25, 0.3) is 5.69 Å². The molecule has 172 valence electrons. The number of nitro groups is 1. The van der Waals surface area contributed by atoms with Crippen LogP contribution in [0.3, 0.4) is 0 Å². The Morgan fingerprint density at radius 2 is 2.03 bits per heavy atom. The maximum atomic E-state index is 12.2. The van der Waals surface area contributed by atoms with Crippen molar-refractivity contribution < 1.29 is 18.9 Å². The fourth-order valence-corrected chi connectivity index (χ4v) is 4.14.